The van der Waals surface area contributed by atoms with Crippen molar-refractivity contribution < 1.29 is 4.79 Å². The molecule has 108 valence electrons. The number of hydrogen-bond acceptors (Lipinski definition) is 5. The van der Waals surface area contributed by atoms with Gasteiger partial charge in [0.2, 0.25) is 11.9 Å². The van der Waals surface area contributed by atoms with E-state index in [1.807, 2.05) is 6.92 Å². The number of hydrogen-bond donors (Lipinski definition) is 3. The minimum Gasteiger partial charge on any atom is -0.355 e. The van der Waals surface area contributed by atoms with Gasteiger partial charge >= 0.3 is 5.69 Å². The Hall–Kier alpha value is -2.58. The number of aromatic nitrogens is 4. The van der Waals surface area contributed by atoms with Gasteiger partial charge in [-0.1, -0.05) is 0 Å². The maximum atomic E-state index is 11.9. The minimum atomic E-state index is -0.457. The number of nitrogens with zero attached hydrogens (tertiary/aromatic N) is 3. The van der Waals surface area contributed by atoms with E-state index in [-0.39, 0.29) is 29.6 Å². The van der Waals surface area contributed by atoms with E-state index in [0.717, 1.165) is 4.57 Å². The smallest absolute Gasteiger partial charge is 0.332 e. The SMILES string of the molecule is CCNC(=O)CNc1nc2c([nH]1)c(=O)n(C)c(=O)n2C. The zero-order valence-corrected chi connectivity index (χ0v) is 11.5. The molecular formula is C11H16N6O3. The van der Waals surface area contributed by atoms with Gasteiger partial charge in [-0.05, 0) is 6.92 Å². The number of carbonyl (C=O) groups is 1. The van der Waals surface area contributed by atoms with Crippen molar-refractivity contribution in [2.45, 2.75) is 6.92 Å². The number of aromatic amines is 1. The summed E-state index contributed by atoms with van der Waals surface area (Å²) in [6, 6.07) is 0. The molecule has 0 bridgehead atoms. The fourth-order valence-corrected chi connectivity index (χ4v) is 1.83. The first-order valence-corrected chi connectivity index (χ1v) is 6.12. The van der Waals surface area contributed by atoms with Crippen LogP contribution in [0, 0.1) is 0 Å². The van der Waals surface area contributed by atoms with Crippen molar-refractivity contribution in [1.29, 1.82) is 0 Å². The van der Waals surface area contributed by atoms with Gasteiger partial charge in [-0.25, -0.2) is 4.79 Å². The normalized spacial score (nSPS) is 10.8. The fraction of sp³-hybridized carbons (Fsp3) is 0.455. The molecule has 0 aliphatic carbocycles. The minimum absolute atomic E-state index is 0.0297. The average Bonchev–Trinajstić information content (AvgIpc) is 2.85. The van der Waals surface area contributed by atoms with Crippen LogP contribution in [0.5, 0.6) is 0 Å². The Labute approximate surface area is 113 Å². The molecule has 0 spiro atoms. The molecule has 2 rings (SSSR count). The summed E-state index contributed by atoms with van der Waals surface area (Å²) in [5.74, 6) is 0.0827. The number of rotatable bonds is 4. The molecule has 0 unspecified atom stereocenters. The van der Waals surface area contributed by atoms with E-state index in [0.29, 0.717) is 6.54 Å². The second-order valence-electron chi connectivity index (χ2n) is 4.30. The molecule has 1 amide bonds. The van der Waals surface area contributed by atoms with E-state index in [1.165, 1.54) is 18.7 Å². The predicted octanol–water partition coefficient (Wildman–Crippen LogP) is -1.49. The Morgan fingerprint density at radius 2 is 2.00 bits per heavy atom. The Morgan fingerprint density at radius 3 is 2.65 bits per heavy atom. The molecule has 0 saturated carbocycles. The lowest BCUT2D eigenvalue weighted by atomic mass is 10.5. The van der Waals surface area contributed by atoms with Gasteiger partial charge in [-0.2, -0.15) is 4.98 Å². The Balaban J connectivity index is 2.37. The quantitative estimate of drug-likeness (QED) is 0.631. The van der Waals surface area contributed by atoms with E-state index in [2.05, 4.69) is 20.6 Å². The van der Waals surface area contributed by atoms with Crippen LogP contribution < -0.4 is 21.9 Å². The van der Waals surface area contributed by atoms with Crippen LogP contribution in [0.3, 0.4) is 0 Å². The lowest BCUT2D eigenvalue weighted by molar-refractivity contribution is -0.119. The molecule has 0 radical (unpaired) electrons. The van der Waals surface area contributed by atoms with Gasteiger partial charge < -0.3 is 15.6 Å². The van der Waals surface area contributed by atoms with Gasteiger partial charge in [-0.3, -0.25) is 18.7 Å². The monoisotopic (exact) mass is 280 g/mol. The van der Waals surface area contributed by atoms with Crippen molar-refractivity contribution in [2.24, 2.45) is 14.1 Å². The summed E-state index contributed by atoms with van der Waals surface area (Å²) < 4.78 is 2.26. The summed E-state index contributed by atoms with van der Waals surface area (Å²) in [7, 11) is 2.92. The number of fused-ring (bicyclic) bond motifs is 1. The standard InChI is InChI=1S/C11H16N6O3/c1-4-12-6(18)5-13-10-14-7-8(15-10)16(2)11(20)17(3)9(7)19/h4-5H2,1-3H3,(H,12,18)(H2,13,14,15). The predicted molar refractivity (Wildman–Crippen MR) is 73.7 cm³/mol. The van der Waals surface area contributed by atoms with Gasteiger partial charge in [0.15, 0.2) is 11.2 Å². The highest BCUT2D eigenvalue weighted by molar-refractivity contribution is 5.81. The summed E-state index contributed by atoms with van der Waals surface area (Å²) >= 11 is 0. The van der Waals surface area contributed by atoms with E-state index in [1.54, 1.807) is 0 Å². The van der Waals surface area contributed by atoms with E-state index in [9.17, 15) is 14.4 Å². The maximum absolute atomic E-state index is 11.9. The highest BCUT2D eigenvalue weighted by atomic mass is 16.2. The highest BCUT2D eigenvalue weighted by Crippen LogP contribution is 2.07. The third-order valence-corrected chi connectivity index (χ3v) is 2.89. The van der Waals surface area contributed by atoms with Gasteiger partial charge in [0.05, 0.1) is 6.54 Å². The van der Waals surface area contributed by atoms with Crippen LogP contribution in [0.2, 0.25) is 0 Å². The van der Waals surface area contributed by atoms with Crippen molar-refractivity contribution in [1.82, 2.24) is 24.4 Å². The molecule has 0 aliphatic heterocycles. The van der Waals surface area contributed by atoms with Crippen molar-refractivity contribution in [3.63, 3.8) is 0 Å². The zero-order valence-electron chi connectivity index (χ0n) is 11.5. The Morgan fingerprint density at radius 1 is 1.30 bits per heavy atom. The maximum Gasteiger partial charge on any atom is 0.332 e. The number of amides is 1. The lowest BCUT2D eigenvalue weighted by Gasteiger charge is -2.02. The molecule has 0 saturated heterocycles. The van der Waals surface area contributed by atoms with Crippen LogP contribution in [0.1, 0.15) is 6.92 Å². The highest BCUT2D eigenvalue weighted by Gasteiger charge is 2.13. The number of anilines is 1. The molecule has 0 aromatic carbocycles. The first kappa shape index (κ1) is 13.8. The second-order valence-corrected chi connectivity index (χ2v) is 4.30. The molecule has 0 fully saturated rings. The molecule has 20 heavy (non-hydrogen) atoms. The number of aryl methyl sites for hydroxylation is 1. The molecule has 9 heteroatoms. The van der Waals surface area contributed by atoms with Crippen LogP contribution in [0.25, 0.3) is 11.2 Å². The van der Waals surface area contributed by atoms with Crippen LogP contribution in [0.4, 0.5) is 5.95 Å². The first-order chi connectivity index (χ1) is 9.45. The fourth-order valence-electron chi connectivity index (χ4n) is 1.83. The number of nitrogens with one attached hydrogen (secondary N) is 3. The summed E-state index contributed by atoms with van der Waals surface area (Å²) in [6.07, 6.45) is 0. The summed E-state index contributed by atoms with van der Waals surface area (Å²) in [5, 5.41) is 5.40. The number of carbonyl (C=O) groups excluding carboxylic acids is 1. The zero-order chi connectivity index (χ0) is 14.9. The third kappa shape index (κ3) is 2.29. The molecular weight excluding hydrogens is 264 g/mol. The van der Waals surface area contributed by atoms with Crippen LogP contribution in [-0.4, -0.2) is 38.1 Å². The van der Waals surface area contributed by atoms with Crippen molar-refractivity contribution in [3.05, 3.63) is 20.8 Å². The average molecular weight is 280 g/mol. The van der Waals surface area contributed by atoms with Crippen LogP contribution in [0.15, 0.2) is 9.59 Å². The van der Waals surface area contributed by atoms with E-state index < -0.39 is 11.2 Å². The molecule has 2 heterocycles. The Kier molecular flexibility index (Phi) is 3.59. The number of likely N-dealkylation sites (N-methyl/N-ethyl adjacent to an activating group) is 1. The molecule has 0 atom stereocenters. The van der Waals surface area contributed by atoms with Gasteiger partial charge in [0, 0.05) is 20.6 Å². The largest absolute Gasteiger partial charge is 0.355 e. The van der Waals surface area contributed by atoms with Crippen LogP contribution in [-0.2, 0) is 18.9 Å². The summed E-state index contributed by atoms with van der Waals surface area (Å²) in [4.78, 5) is 41.9. The molecule has 9 nitrogen and oxygen atoms in total. The van der Waals surface area contributed by atoms with Gasteiger partial charge in [-0.15, -0.1) is 0 Å². The Bertz CT molecular complexity index is 769. The van der Waals surface area contributed by atoms with Crippen molar-refractivity contribution >= 4 is 23.0 Å². The van der Waals surface area contributed by atoms with Gasteiger partial charge in [0.25, 0.3) is 5.56 Å². The summed E-state index contributed by atoms with van der Waals surface area (Å²) in [5.41, 5.74) is -0.449. The van der Waals surface area contributed by atoms with Crippen molar-refractivity contribution in [2.75, 3.05) is 18.4 Å². The topological polar surface area (TPSA) is 114 Å². The molecule has 0 aliphatic rings. The first-order valence-electron chi connectivity index (χ1n) is 6.12. The molecule has 3 N–H and O–H groups in total. The third-order valence-electron chi connectivity index (χ3n) is 2.89. The van der Waals surface area contributed by atoms with E-state index >= 15 is 0 Å². The van der Waals surface area contributed by atoms with Gasteiger partial charge in [0.1, 0.15) is 0 Å². The van der Waals surface area contributed by atoms with E-state index in [4.69, 9.17) is 0 Å². The van der Waals surface area contributed by atoms with Crippen LogP contribution >= 0.6 is 0 Å². The number of imidazole rings is 1. The second kappa shape index (κ2) is 5.19. The summed E-state index contributed by atoms with van der Waals surface area (Å²) in [6.45, 7) is 2.39. The molecule has 2 aromatic rings. The molecule has 2 aromatic heterocycles. The number of H-pyrrole nitrogens is 1. The van der Waals surface area contributed by atoms with Crippen molar-refractivity contribution in [3.8, 4) is 0 Å². The lowest BCUT2D eigenvalue weighted by Crippen LogP contribution is -2.36.